The fraction of sp³-hybridized carbons (Fsp3) is 0.611. The molecule has 1 saturated heterocycles. The number of aliphatic hydroxyl groups excluding tert-OH is 1. The lowest BCUT2D eigenvalue weighted by molar-refractivity contribution is -0.137. The van der Waals surface area contributed by atoms with E-state index in [4.69, 9.17) is 4.74 Å². The summed E-state index contributed by atoms with van der Waals surface area (Å²) in [7, 11) is 0. The van der Waals surface area contributed by atoms with E-state index in [1.807, 2.05) is 0 Å². The van der Waals surface area contributed by atoms with Crippen molar-refractivity contribution >= 4 is 5.97 Å². The van der Waals surface area contributed by atoms with Crippen LogP contribution >= 0.6 is 0 Å². The molecule has 2 fully saturated rings. The van der Waals surface area contributed by atoms with Gasteiger partial charge in [0.15, 0.2) is 0 Å². The molecule has 0 unspecified atom stereocenters. The molecule has 1 heterocycles. The van der Waals surface area contributed by atoms with Crippen LogP contribution in [0.25, 0.3) is 0 Å². The second-order valence-corrected chi connectivity index (χ2v) is 7.20. The highest BCUT2D eigenvalue weighted by atomic mass is 16.5. The molecule has 0 radical (unpaired) electrons. The zero-order valence-electron chi connectivity index (χ0n) is 12.3. The Balaban J connectivity index is 1.54. The molecule has 1 aromatic carbocycles. The molecule has 3 nitrogen and oxygen atoms in total. The minimum Gasteiger partial charge on any atom is -0.465 e. The second-order valence-electron chi connectivity index (χ2n) is 7.20. The Hall–Kier alpha value is -1.35. The van der Waals surface area contributed by atoms with Crippen molar-refractivity contribution in [1.29, 1.82) is 0 Å². The predicted octanol–water partition coefficient (Wildman–Crippen LogP) is 2.74. The van der Waals surface area contributed by atoms with Gasteiger partial charge in [0.05, 0.1) is 19.1 Å². The van der Waals surface area contributed by atoms with Gasteiger partial charge >= 0.3 is 5.97 Å². The van der Waals surface area contributed by atoms with Gasteiger partial charge in [-0.15, -0.1) is 0 Å². The first-order valence-corrected chi connectivity index (χ1v) is 8.09. The highest BCUT2D eigenvalue weighted by Gasteiger charge is 2.46. The van der Waals surface area contributed by atoms with Crippen LogP contribution < -0.4 is 0 Å². The summed E-state index contributed by atoms with van der Waals surface area (Å²) < 4.78 is 5.21. The Morgan fingerprint density at radius 1 is 1.24 bits per heavy atom. The van der Waals surface area contributed by atoms with Crippen LogP contribution in [0.4, 0.5) is 0 Å². The number of aliphatic hydroxyl groups is 1. The molecular weight excluding hydrogens is 264 g/mol. The lowest BCUT2D eigenvalue weighted by Gasteiger charge is -2.23. The number of aryl methyl sites for hydroxylation is 1. The third kappa shape index (κ3) is 2.38. The summed E-state index contributed by atoms with van der Waals surface area (Å²) in [4.78, 5) is 11.4. The molecule has 0 bridgehead atoms. The molecule has 3 aliphatic rings. The number of ether oxygens (including phenoxy) is 1. The van der Waals surface area contributed by atoms with Gasteiger partial charge in [-0.3, -0.25) is 4.79 Å². The standard InChI is InChI=1S/C18H22O3/c19-16-4-3-12-7-13(1-2-14(12)8-16)15-5-6-18(9-15)10-17(20)21-11-18/h1-2,7,15-16,19H,3-6,8-11H2/t15-,16+,18-/m0/s1. The number of cyclic esters (lactones) is 1. The number of carbonyl (C=O) groups excluding carboxylic acids is 1. The normalized spacial score (nSPS) is 35.0. The quantitative estimate of drug-likeness (QED) is 0.807. The van der Waals surface area contributed by atoms with Crippen molar-refractivity contribution in [2.45, 2.75) is 57.0 Å². The Morgan fingerprint density at radius 2 is 2.14 bits per heavy atom. The first kappa shape index (κ1) is 13.3. The number of rotatable bonds is 1. The van der Waals surface area contributed by atoms with Crippen molar-refractivity contribution in [3.8, 4) is 0 Å². The molecule has 0 amide bonds. The van der Waals surface area contributed by atoms with E-state index < -0.39 is 0 Å². The highest BCUT2D eigenvalue weighted by Crippen LogP contribution is 2.51. The molecular formula is C18H22O3. The first-order chi connectivity index (χ1) is 10.1. The van der Waals surface area contributed by atoms with Crippen LogP contribution in [0.2, 0.25) is 0 Å². The summed E-state index contributed by atoms with van der Waals surface area (Å²) in [6.07, 6.45) is 6.47. The van der Waals surface area contributed by atoms with Crippen LogP contribution in [0, 0.1) is 5.41 Å². The minimum atomic E-state index is -0.167. The van der Waals surface area contributed by atoms with E-state index in [0.29, 0.717) is 18.9 Å². The van der Waals surface area contributed by atoms with E-state index in [0.717, 1.165) is 38.5 Å². The zero-order valence-corrected chi connectivity index (χ0v) is 12.3. The van der Waals surface area contributed by atoms with Gasteiger partial charge in [-0.25, -0.2) is 0 Å². The number of fused-ring (bicyclic) bond motifs is 1. The third-order valence-electron chi connectivity index (χ3n) is 5.67. The van der Waals surface area contributed by atoms with E-state index in [1.165, 1.54) is 16.7 Å². The van der Waals surface area contributed by atoms with E-state index in [-0.39, 0.29) is 17.5 Å². The summed E-state index contributed by atoms with van der Waals surface area (Å²) in [5.41, 5.74) is 4.26. The average Bonchev–Trinajstić information content (AvgIpc) is 3.05. The van der Waals surface area contributed by atoms with Gasteiger partial charge < -0.3 is 9.84 Å². The topological polar surface area (TPSA) is 46.5 Å². The molecule has 1 aromatic rings. The fourth-order valence-electron chi connectivity index (χ4n) is 4.43. The van der Waals surface area contributed by atoms with Crippen LogP contribution in [-0.2, 0) is 22.4 Å². The van der Waals surface area contributed by atoms with Crippen LogP contribution in [0.3, 0.4) is 0 Å². The van der Waals surface area contributed by atoms with Gasteiger partial charge in [0.2, 0.25) is 0 Å². The monoisotopic (exact) mass is 286 g/mol. The number of benzene rings is 1. The predicted molar refractivity (Wildman–Crippen MR) is 79.1 cm³/mol. The largest absolute Gasteiger partial charge is 0.465 e. The molecule has 1 spiro atoms. The third-order valence-corrected chi connectivity index (χ3v) is 5.67. The van der Waals surface area contributed by atoms with Crippen molar-refractivity contribution < 1.29 is 14.6 Å². The molecule has 0 aromatic heterocycles. The van der Waals surface area contributed by atoms with Crippen molar-refractivity contribution in [2.24, 2.45) is 5.41 Å². The van der Waals surface area contributed by atoms with Crippen LogP contribution in [0.5, 0.6) is 0 Å². The molecule has 21 heavy (non-hydrogen) atoms. The average molecular weight is 286 g/mol. The maximum Gasteiger partial charge on any atom is 0.306 e. The highest BCUT2D eigenvalue weighted by molar-refractivity contribution is 5.72. The maximum atomic E-state index is 11.4. The summed E-state index contributed by atoms with van der Waals surface area (Å²) in [6, 6.07) is 6.79. The SMILES string of the molecule is O=C1C[C@@]2(CC[C@H](c3ccc4c(c3)CC[C@@H](O)C4)C2)CO1. The van der Waals surface area contributed by atoms with Gasteiger partial charge in [0.25, 0.3) is 0 Å². The lowest BCUT2D eigenvalue weighted by Crippen LogP contribution is -2.19. The van der Waals surface area contributed by atoms with E-state index >= 15 is 0 Å². The minimum absolute atomic E-state index is 0.0184. The molecule has 4 rings (SSSR count). The van der Waals surface area contributed by atoms with Crippen molar-refractivity contribution in [3.63, 3.8) is 0 Å². The Bertz CT molecular complexity index is 580. The number of esters is 1. The van der Waals surface area contributed by atoms with Gasteiger partial charge in [-0.2, -0.15) is 0 Å². The lowest BCUT2D eigenvalue weighted by atomic mass is 9.82. The van der Waals surface area contributed by atoms with Crippen LogP contribution in [0.15, 0.2) is 18.2 Å². The Labute approximate surface area is 125 Å². The number of carbonyl (C=O) groups is 1. The number of hydrogen-bond donors (Lipinski definition) is 1. The van der Waals surface area contributed by atoms with Gasteiger partial charge in [-0.1, -0.05) is 18.2 Å². The number of hydrogen-bond acceptors (Lipinski definition) is 3. The summed E-state index contributed by atoms with van der Waals surface area (Å²) in [5, 5.41) is 9.76. The fourth-order valence-corrected chi connectivity index (χ4v) is 4.43. The Kier molecular flexibility index (Phi) is 3.07. The maximum absolute atomic E-state index is 11.4. The van der Waals surface area contributed by atoms with Gasteiger partial charge in [-0.05, 0) is 61.1 Å². The summed E-state index contributed by atoms with van der Waals surface area (Å²) in [6.45, 7) is 0.624. The molecule has 2 aliphatic carbocycles. The van der Waals surface area contributed by atoms with E-state index in [9.17, 15) is 9.90 Å². The van der Waals surface area contributed by atoms with Crippen molar-refractivity contribution in [3.05, 3.63) is 34.9 Å². The molecule has 3 atom stereocenters. The van der Waals surface area contributed by atoms with E-state index in [1.54, 1.807) is 0 Å². The molecule has 1 saturated carbocycles. The molecule has 1 N–H and O–H groups in total. The van der Waals surface area contributed by atoms with Gasteiger partial charge in [0.1, 0.15) is 0 Å². The molecule has 3 heteroatoms. The molecule has 1 aliphatic heterocycles. The van der Waals surface area contributed by atoms with E-state index in [2.05, 4.69) is 18.2 Å². The smallest absolute Gasteiger partial charge is 0.306 e. The zero-order chi connectivity index (χ0) is 14.4. The van der Waals surface area contributed by atoms with Crippen LogP contribution in [-0.4, -0.2) is 23.8 Å². The summed E-state index contributed by atoms with van der Waals surface area (Å²) in [5.74, 6) is 0.548. The first-order valence-electron chi connectivity index (χ1n) is 8.09. The van der Waals surface area contributed by atoms with Crippen LogP contribution in [0.1, 0.15) is 54.7 Å². The summed E-state index contributed by atoms with van der Waals surface area (Å²) >= 11 is 0. The second kappa shape index (κ2) is 4.84. The van der Waals surface area contributed by atoms with Gasteiger partial charge in [0, 0.05) is 5.41 Å². The Morgan fingerprint density at radius 3 is 2.95 bits per heavy atom. The van der Waals surface area contributed by atoms with Crippen molar-refractivity contribution in [1.82, 2.24) is 0 Å². The molecule has 112 valence electrons. The van der Waals surface area contributed by atoms with Crippen molar-refractivity contribution in [2.75, 3.05) is 6.61 Å².